The Morgan fingerprint density at radius 3 is 2.55 bits per heavy atom. The molecule has 0 bridgehead atoms. The summed E-state index contributed by atoms with van der Waals surface area (Å²) in [5.74, 6) is -0.428. The zero-order chi connectivity index (χ0) is 14.7. The Hall–Kier alpha value is -1.92. The molecule has 0 aliphatic heterocycles. The van der Waals surface area contributed by atoms with Crippen LogP contribution in [0.4, 0.5) is 10.1 Å². The van der Waals surface area contributed by atoms with E-state index in [1.165, 1.54) is 12.1 Å². The van der Waals surface area contributed by atoms with Gasteiger partial charge in [0.2, 0.25) is 0 Å². The largest absolute Gasteiger partial charge is 0.324 e. The van der Waals surface area contributed by atoms with Crippen molar-refractivity contribution in [3.05, 3.63) is 64.0 Å². The van der Waals surface area contributed by atoms with E-state index in [0.29, 0.717) is 15.4 Å². The molecule has 104 valence electrons. The van der Waals surface area contributed by atoms with Crippen LogP contribution in [0.2, 0.25) is 0 Å². The number of halogens is 1. The van der Waals surface area contributed by atoms with Crippen LogP contribution in [0.25, 0.3) is 0 Å². The number of nitrogens with two attached hydrogens (primary N) is 1. The number of nitro groups is 1. The number of nitro benzene ring substituents is 1. The van der Waals surface area contributed by atoms with Gasteiger partial charge in [-0.05, 0) is 30.7 Å². The molecule has 0 saturated carbocycles. The fraction of sp³-hybridized carbons (Fsp3) is 0.143. The van der Waals surface area contributed by atoms with Crippen molar-refractivity contribution in [3.63, 3.8) is 0 Å². The molecule has 6 heteroatoms. The highest BCUT2D eigenvalue weighted by Crippen LogP contribution is 2.36. The highest BCUT2D eigenvalue weighted by molar-refractivity contribution is 7.99. The lowest BCUT2D eigenvalue weighted by molar-refractivity contribution is -0.387. The van der Waals surface area contributed by atoms with Gasteiger partial charge in [-0.15, -0.1) is 0 Å². The molecule has 20 heavy (non-hydrogen) atoms. The summed E-state index contributed by atoms with van der Waals surface area (Å²) in [7, 11) is 0. The predicted octanol–water partition coefficient (Wildman–Crippen LogP) is 3.90. The van der Waals surface area contributed by atoms with Crippen LogP contribution < -0.4 is 5.73 Å². The van der Waals surface area contributed by atoms with Crippen LogP contribution in [0, 0.1) is 15.9 Å². The summed E-state index contributed by atoms with van der Waals surface area (Å²) in [6.45, 7) is 1.77. The van der Waals surface area contributed by atoms with E-state index in [9.17, 15) is 14.5 Å². The summed E-state index contributed by atoms with van der Waals surface area (Å²) in [4.78, 5) is 11.2. The van der Waals surface area contributed by atoms with E-state index in [2.05, 4.69) is 0 Å². The van der Waals surface area contributed by atoms with Crippen molar-refractivity contribution < 1.29 is 9.31 Å². The maximum Gasteiger partial charge on any atom is 0.283 e. The van der Waals surface area contributed by atoms with Gasteiger partial charge in [0.15, 0.2) is 0 Å². The topological polar surface area (TPSA) is 69.2 Å². The van der Waals surface area contributed by atoms with Crippen LogP contribution in [0.5, 0.6) is 0 Å². The van der Waals surface area contributed by atoms with Gasteiger partial charge < -0.3 is 5.73 Å². The van der Waals surface area contributed by atoms with Crippen molar-refractivity contribution in [2.45, 2.75) is 22.8 Å². The van der Waals surface area contributed by atoms with Crippen LogP contribution in [-0.4, -0.2) is 4.92 Å². The molecule has 0 radical (unpaired) electrons. The van der Waals surface area contributed by atoms with Crippen molar-refractivity contribution >= 4 is 17.4 Å². The van der Waals surface area contributed by atoms with Gasteiger partial charge >= 0.3 is 0 Å². The SMILES string of the molecule is C[C@H](N)c1ccc(Sc2ccccc2[N+](=O)[O-])c(F)c1. The van der Waals surface area contributed by atoms with Crippen molar-refractivity contribution in [2.75, 3.05) is 0 Å². The lowest BCUT2D eigenvalue weighted by atomic mass is 10.1. The van der Waals surface area contributed by atoms with Crippen molar-refractivity contribution in [2.24, 2.45) is 5.73 Å². The molecule has 0 spiro atoms. The van der Waals surface area contributed by atoms with Gasteiger partial charge in [-0.1, -0.05) is 30.0 Å². The smallest absolute Gasteiger partial charge is 0.283 e. The van der Waals surface area contributed by atoms with Crippen LogP contribution in [-0.2, 0) is 0 Å². The Morgan fingerprint density at radius 2 is 1.95 bits per heavy atom. The first-order chi connectivity index (χ1) is 9.49. The van der Waals surface area contributed by atoms with E-state index in [0.717, 1.165) is 11.8 Å². The third-order valence-corrected chi connectivity index (χ3v) is 3.88. The molecule has 0 aliphatic carbocycles. The summed E-state index contributed by atoms with van der Waals surface area (Å²) in [6.07, 6.45) is 0. The Balaban J connectivity index is 2.33. The minimum atomic E-state index is -0.476. The van der Waals surface area contributed by atoms with E-state index >= 15 is 0 Å². The number of benzene rings is 2. The Bertz CT molecular complexity index is 647. The maximum atomic E-state index is 14.0. The van der Waals surface area contributed by atoms with Gasteiger partial charge in [0.1, 0.15) is 5.82 Å². The molecular formula is C14H13FN2O2S. The van der Waals surface area contributed by atoms with Gasteiger partial charge in [-0.25, -0.2) is 4.39 Å². The van der Waals surface area contributed by atoms with E-state index in [1.807, 2.05) is 0 Å². The normalized spacial score (nSPS) is 12.2. The van der Waals surface area contributed by atoms with Gasteiger partial charge in [0.05, 0.1) is 9.82 Å². The quantitative estimate of drug-likeness (QED) is 0.685. The molecule has 0 unspecified atom stereocenters. The zero-order valence-corrected chi connectivity index (χ0v) is 11.6. The Labute approximate surface area is 119 Å². The number of para-hydroxylation sites is 1. The Kier molecular flexibility index (Phi) is 4.36. The van der Waals surface area contributed by atoms with Gasteiger partial charge in [-0.3, -0.25) is 10.1 Å². The molecule has 2 rings (SSSR count). The number of hydrogen-bond donors (Lipinski definition) is 1. The van der Waals surface area contributed by atoms with Crippen LogP contribution in [0.15, 0.2) is 52.3 Å². The minimum absolute atomic E-state index is 0.0341. The van der Waals surface area contributed by atoms with E-state index < -0.39 is 10.7 Å². The molecule has 2 aromatic rings. The van der Waals surface area contributed by atoms with Crippen LogP contribution >= 0.6 is 11.8 Å². The predicted molar refractivity (Wildman–Crippen MR) is 76.2 cm³/mol. The molecule has 2 aromatic carbocycles. The summed E-state index contributed by atoms with van der Waals surface area (Å²) >= 11 is 1.03. The van der Waals surface area contributed by atoms with E-state index in [-0.39, 0.29) is 11.7 Å². The van der Waals surface area contributed by atoms with Gasteiger partial charge in [0, 0.05) is 17.0 Å². The fourth-order valence-corrected chi connectivity index (χ4v) is 2.62. The van der Waals surface area contributed by atoms with Crippen molar-refractivity contribution in [1.82, 2.24) is 0 Å². The van der Waals surface area contributed by atoms with E-state index in [1.54, 1.807) is 37.3 Å². The second-order valence-electron chi connectivity index (χ2n) is 4.31. The monoisotopic (exact) mass is 292 g/mol. The average molecular weight is 292 g/mol. The molecule has 0 aromatic heterocycles. The third-order valence-electron chi connectivity index (χ3n) is 2.76. The number of hydrogen-bond acceptors (Lipinski definition) is 4. The summed E-state index contributed by atoms with van der Waals surface area (Å²) in [6, 6.07) is 10.7. The maximum absolute atomic E-state index is 14.0. The molecule has 0 heterocycles. The van der Waals surface area contributed by atoms with Gasteiger partial charge in [0.25, 0.3) is 5.69 Å². The standard InChI is InChI=1S/C14H13FN2O2S/c1-9(16)10-6-7-13(11(15)8-10)20-14-5-3-2-4-12(14)17(18)19/h2-9H,16H2,1H3/t9-/m0/s1. The fourth-order valence-electron chi connectivity index (χ4n) is 1.70. The molecule has 0 fully saturated rings. The van der Waals surface area contributed by atoms with Crippen molar-refractivity contribution in [3.8, 4) is 0 Å². The second-order valence-corrected chi connectivity index (χ2v) is 5.39. The van der Waals surface area contributed by atoms with Crippen LogP contribution in [0.3, 0.4) is 0 Å². The number of rotatable bonds is 4. The molecule has 0 amide bonds. The molecule has 0 saturated heterocycles. The highest BCUT2D eigenvalue weighted by atomic mass is 32.2. The zero-order valence-electron chi connectivity index (χ0n) is 10.7. The first kappa shape index (κ1) is 14.5. The second kappa shape index (κ2) is 6.02. The molecule has 1 atom stereocenters. The summed E-state index contributed by atoms with van der Waals surface area (Å²) in [5, 5.41) is 10.9. The lowest BCUT2D eigenvalue weighted by Crippen LogP contribution is -2.05. The minimum Gasteiger partial charge on any atom is -0.324 e. The highest BCUT2D eigenvalue weighted by Gasteiger charge is 2.15. The molecular weight excluding hydrogens is 279 g/mol. The Morgan fingerprint density at radius 1 is 1.25 bits per heavy atom. The van der Waals surface area contributed by atoms with Crippen LogP contribution in [0.1, 0.15) is 18.5 Å². The van der Waals surface area contributed by atoms with Crippen molar-refractivity contribution in [1.29, 1.82) is 0 Å². The molecule has 4 nitrogen and oxygen atoms in total. The average Bonchev–Trinajstić information content (AvgIpc) is 2.41. The first-order valence-electron chi connectivity index (χ1n) is 5.95. The first-order valence-corrected chi connectivity index (χ1v) is 6.77. The lowest BCUT2D eigenvalue weighted by Gasteiger charge is -2.08. The number of nitrogens with zero attached hydrogens (tertiary/aromatic N) is 1. The third kappa shape index (κ3) is 3.15. The van der Waals surface area contributed by atoms with Gasteiger partial charge in [-0.2, -0.15) is 0 Å². The molecule has 2 N–H and O–H groups in total. The summed E-state index contributed by atoms with van der Waals surface area (Å²) in [5.41, 5.74) is 6.34. The summed E-state index contributed by atoms with van der Waals surface area (Å²) < 4.78 is 14.0. The molecule has 0 aliphatic rings. The van der Waals surface area contributed by atoms with E-state index in [4.69, 9.17) is 5.73 Å².